The molecule has 0 atom stereocenters. The van der Waals surface area contributed by atoms with Crippen molar-refractivity contribution in [1.29, 1.82) is 0 Å². The summed E-state index contributed by atoms with van der Waals surface area (Å²) < 4.78 is 0. The number of amides is 1. The van der Waals surface area contributed by atoms with E-state index in [1.54, 1.807) is 17.0 Å². The van der Waals surface area contributed by atoms with Crippen LogP contribution in [-0.4, -0.2) is 56.0 Å². The average Bonchev–Trinajstić information content (AvgIpc) is 2.67. The number of piperazine rings is 1. The molecule has 0 aliphatic carbocycles. The fourth-order valence-corrected chi connectivity index (χ4v) is 3.33. The predicted molar refractivity (Wildman–Crippen MR) is 107 cm³/mol. The highest BCUT2D eigenvalue weighted by molar-refractivity contribution is 6.30. The Hall–Kier alpha value is -2.80. The lowest BCUT2D eigenvalue weighted by atomic mass is 10.1. The Morgan fingerprint density at radius 3 is 2.44 bits per heavy atom. The first kappa shape index (κ1) is 19.0. The van der Waals surface area contributed by atoms with E-state index >= 15 is 0 Å². The van der Waals surface area contributed by atoms with Crippen molar-refractivity contribution in [1.82, 2.24) is 4.90 Å². The summed E-state index contributed by atoms with van der Waals surface area (Å²) in [6, 6.07) is 12.2. The summed E-state index contributed by atoms with van der Waals surface area (Å²) in [4.78, 5) is 29.4. The van der Waals surface area contributed by atoms with E-state index < -0.39 is 4.92 Å². The Morgan fingerprint density at radius 2 is 1.81 bits per heavy atom. The van der Waals surface area contributed by atoms with Crippen molar-refractivity contribution >= 4 is 34.6 Å². The summed E-state index contributed by atoms with van der Waals surface area (Å²) in [5.41, 5.74) is 2.13. The number of halogens is 1. The van der Waals surface area contributed by atoms with Crippen molar-refractivity contribution in [2.24, 2.45) is 0 Å². The minimum absolute atomic E-state index is 0.0130. The molecule has 0 aromatic heterocycles. The van der Waals surface area contributed by atoms with Crippen molar-refractivity contribution in [3.05, 3.63) is 63.2 Å². The van der Waals surface area contributed by atoms with Crippen LogP contribution in [0.3, 0.4) is 0 Å². The van der Waals surface area contributed by atoms with Gasteiger partial charge >= 0.3 is 0 Å². The molecule has 1 heterocycles. The van der Waals surface area contributed by atoms with E-state index in [-0.39, 0.29) is 11.6 Å². The molecule has 0 radical (unpaired) electrons. The fraction of sp³-hybridized carbons (Fsp3) is 0.316. The minimum Gasteiger partial charge on any atom is -0.378 e. The molecule has 2 aromatic carbocycles. The molecule has 27 heavy (non-hydrogen) atoms. The van der Waals surface area contributed by atoms with Gasteiger partial charge in [-0.2, -0.15) is 0 Å². The number of rotatable bonds is 4. The zero-order valence-corrected chi connectivity index (χ0v) is 16.0. The number of hydrogen-bond acceptors (Lipinski definition) is 5. The smallest absolute Gasteiger partial charge is 0.294 e. The summed E-state index contributed by atoms with van der Waals surface area (Å²) >= 11 is 5.89. The Labute approximate surface area is 162 Å². The van der Waals surface area contributed by atoms with Gasteiger partial charge in [0.1, 0.15) is 5.69 Å². The molecule has 0 spiro atoms. The highest BCUT2D eigenvalue weighted by atomic mass is 35.5. The van der Waals surface area contributed by atoms with Crippen molar-refractivity contribution in [2.45, 2.75) is 0 Å². The molecule has 1 fully saturated rings. The van der Waals surface area contributed by atoms with Crippen molar-refractivity contribution in [3.8, 4) is 0 Å². The lowest BCUT2D eigenvalue weighted by Crippen LogP contribution is -2.49. The van der Waals surface area contributed by atoms with Gasteiger partial charge in [-0.05, 0) is 30.3 Å². The maximum absolute atomic E-state index is 12.8. The van der Waals surface area contributed by atoms with Gasteiger partial charge in [0, 0.05) is 62.6 Å². The van der Waals surface area contributed by atoms with Gasteiger partial charge in [-0.1, -0.05) is 17.7 Å². The van der Waals surface area contributed by atoms with Gasteiger partial charge in [0.05, 0.1) is 4.92 Å². The number of nitro benzene ring substituents is 1. The molecular weight excluding hydrogens is 368 g/mol. The Bertz CT molecular complexity index is 864. The molecule has 0 bridgehead atoms. The second kappa shape index (κ2) is 7.84. The monoisotopic (exact) mass is 388 g/mol. The molecule has 7 nitrogen and oxygen atoms in total. The molecule has 0 unspecified atom stereocenters. The molecule has 0 N–H and O–H groups in total. The third-order valence-electron chi connectivity index (χ3n) is 4.65. The molecule has 1 aliphatic rings. The van der Waals surface area contributed by atoms with E-state index in [4.69, 9.17) is 11.6 Å². The maximum Gasteiger partial charge on any atom is 0.294 e. The van der Waals surface area contributed by atoms with Crippen LogP contribution in [0.5, 0.6) is 0 Å². The molecule has 3 rings (SSSR count). The van der Waals surface area contributed by atoms with Crippen LogP contribution in [0.4, 0.5) is 17.1 Å². The highest BCUT2D eigenvalue weighted by Crippen LogP contribution is 2.31. The molecule has 1 saturated heterocycles. The fourth-order valence-electron chi connectivity index (χ4n) is 3.16. The number of nitro groups is 1. The van der Waals surface area contributed by atoms with Gasteiger partial charge in [0.25, 0.3) is 11.6 Å². The first-order valence-electron chi connectivity index (χ1n) is 8.62. The van der Waals surface area contributed by atoms with Gasteiger partial charge in [-0.25, -0.2) is 0 Å². The Balaban J connectivity index is 1.72. The van der Waals surface area contributed by atoms with Crippen molar-refractivity contribution < 1.29 is 9.72 Å². The second-order valence-electron chi connectivity index (χ2n) is 6.61. The van der Waals surface area contributed by atoms with E-state index in [2.05, 4.69) is 0 Å². The molecule has 1 aliphatic heterocycles. The standard InChI is InChI=1S/C19H21ClN4O3/c1-21(2)16-5-3-4-14(12-16)19(25)23-10-8-22(9-11-23)17-7-6-15(20)13-18(17)24(26)27/h3-7,12-13H,8-11H2,1-2H3. The van der Waals surface area contributed by atoms with E-state index in [9.17, 15) is 14.9 Å². The minimum atomic E-state index is -0.425. The van der Waals surface area contributed by atoms with Gasteiger partial charge in [0.15, 0.2) is 0 Å². The first-order valence-corrected chi connectivity index (χ1v) is 9.00. The summed E-state index contributed by atoms with van der Waals surface area (Å²) in [6.45, 7) is 2.07. The van der Waals surface area contributed by atoms with Crippen LogP contribution in [0.15, 0.2) is 42.5 Å². The largest absolute Gasteiger partial charge is 0.378 e. The third-order valence-corrected chi connectivity index (χ3v) is 4.89. The van der Waals surface area contributed by atoms with Crippen LogP contribution in [-0.2, 0) is 0 Å². The molecular formula is C19H21ClN4O3. The van der Waals surface area contributed by atoms with Crippen molar-refractivity contribution in [2.75, 3.05) is 50.1 Å². The molecule has 1 amide bonds. The van der Waals surface area contributed by atoms with E-state index in [0.717, 1.165) is 5.69 Å². The van der Waals surface area contributed by atoms with Gasteiger partial charge in [-0.3, -0.25) is 14.9 Å². The van der Waals surface area contributed by atoms with Gasteiger partial charge < -0.3 is 14.7 Å². The predicted octanol–water partition coefficient (Wildman–Crippen LogP) is 3.28. The molecule has 2 aromatic rings. The van der Waals surface area contributed by atoms with Crippen LogP contribution in [0.25, 0.3) is 0 Å². The quantitative estimate of drug-likeness (QED) is 0.593. The zero-order valence-electron chi connectivity index (χ0n) is 15.3. The molecule has 0 saturated carbocycles. The second-order valence-corrected chi connectivity index (χ2v) is 7.05. The molecule has 8 heteroatoms. The normalized spacial score (nSPS) is 14.2. The van der Waals surface area contributed by atoms with Crippen LogP contribution < -0.4 is 9.80 Å². The number of nitrogens with zero attached hydrogens (tertiary/aromatic N) is 4. The molecule has 142 valence electrons. The van der Waals surface area contributed by atoms with Crippen LogP contribution in [0, 0.1) is 10.1 Å². The summed E-state index contributed by atoms with van der Waals surface area (Å²) in [5.74, 6) is -0.0241. The first-order chi connectivity index (χ1) is 12.9. The van der Waals surface area contributed by atoms with Gasteiger partial charge in [0.2, 0.25) is 0 Å². The van der Waals surface area contributed by atoms with Crippen LogP contribution in [0.2, 0.25) is 5.02 Å². The van der Waals surface area contributed by atoms with E-state index in [0.29, 0.717) is 42.5 Å². The van der Waals surface area contributed by atoms with Gasteiger partial charge in [-0.15, -0.1) is 0 Å². The zero-order chi connectivity index (χ0) is 19.6. The summed E-state index contributed by atoms with van der Waals surface area (Å²) in [5, 5.41) is 11.6. The van der Waals surface area contributed by atoms with Crippen molar-refractivity contribution in [3.63, 3.8) is 0 Å². The lowest BCUT2D eigenvalue weighted by molar-refractivity contribution is -0.384. The average molecular weight is 389 g/mol. The number of carbonyl (C=O) groups is 1. The number of carbonyl (C=O) groups excluding carboxylic acids is 1. The maximum atomic E-state index is 12.8. The Kier molecular flexibility index (Phi) is 5.51. The van der Waals surface area contributed by atoms with E-state index in [1.165, 1.54) is 6.07 Å². The lowest BCUT2D eigenvalue weighted by Gasteiger charge is -2.36. The highest BCUT2D eigenvalue weighted by Gasteiger charge is 2.26. The Morgan fingerprint density at radius 1 is 1.11 bits per heavy atom. The summed E-state index contributed by atoms with van der Waals surface area (Å²) in [6.07, 6.45) is 0. The number of hydrogen-bond donors (Lipinski definition) is 0. The van der Waals surface area contributed by atoms with Crippen LogP contribution in [0.1, 0.15) is 10.4 Å². The third kappa shape index (κ3) is 4.14. The number of anilines is 2. The van der Waals surface area contributed by atoms with E-state index in [1.807, 2.05) is 48.2 Å². The SMILES string of the molecule is CN(C)c1cccc(C(=O)N2CCN(c3ccc(Cl)cc3[N+](=O)[O-])CC2)c1. The summed E-state index contributed by atoms with van der Waals surface area (Å²) in [7, 11) is 3.86. The number of benzene rings is 2. The topological polar surface area (TPSA) is 69.9 Å². The van der Waals surface area contributed by atoms with Crippen LogP contribution >= 0.6 is 11.6 Å².